The Morgan fingerprint density at radius 3 is 2.39 bits per heavy atom. The van der Waals surface area contributed by atoms with Gasteiger partial charge in [0.15, 0.2) is 0 Å². The molecule has 7 heteroatoms. The van der Waals surface area contributed by atoms with Crippen LogP contribution in [0.3, 0.4) is 0 Å². The fraction of sp³-hybridized carbons (Fsp3) is 0.375. The molecule has 0 aliphatic carbocycles. The molecule has 2 aliphatic heterocycles. The molecule has 0 atom stereocenters. The van der Waals surface area contributed by atoms with Crippen LogP contribution in [0.4, 0.5) is 0 Å². The van der Waals surface area contributed by atoms with Crippen molar-refractivity contribution in [3.05, 3.63) is 65.6 Å². The predicted octanol–water partition coefficient (Wildman–Crippen LogP) is 2.40. The summed E-state index contributed by atoms with van der Waals surface area (Å²) in [5, 5.41) is 0. The highest BCUT2D eigenvalue weighted by molar-refractivity contribution is 6.35. The maximum atomic E-state index is 13.5. The van der Waals surface area contributed by atoms with Crippen molar-refractivity contribution in [3.8, 4) is 5.75 Å². The molecule has 1 fully saturated rings. The lowest BCUT2D eigenvalue weighted by atomic mass is 10.0. The molecule has 2 aromatic rings. The van der Waals surface area contributed by atoms with Crippen LogP contribution in [0.5, 0.6) is 5.75 Å². The number of carbonyl (C=O) groups excluding carboxylic acids is 2. The molecule has 1 saturated heterocycles. The van der Waals surface area contributed by atoms with Crippen LogP contribution in [0, 0.1) is 0 Å². The van der Waals surface area contributed by atoms with Crippen LogP contribution >= 0.6 is 0 Å². The van der Waals surface area contributed by atoms with E-state index >= 15 is 0 Å². The van der Waals surface area contributed by atoms with Crippen LogP contribution in [0.1, 0.15) is 24.5 Å². The molecule has 0 radical (unpaired) electrons. The first kappa shape index (κ1) is 21.1. The van der Waals surface area contributed by atoms with Gasteiger partial charge in [-0.25, -0.2) is 0 Å². The third-order valence-corrected chi connectivity index (χ3v) is 5.64. The second kappa shape index (κ2) is 9.31. The van der Waals surface area contributed by atoms with Crippen molar-refractivity contribution in [3.63, 3.8) is 0 Å². The molecule has 7 nitrogen and oxygen atoms in total. The Kier molecular flexibility index (Phi) is 6.32. The fourth-order valence-corrected chi connectivity index (χ4v) is 3.90. The quantitative estimate of drug-likeness (QED) is 0.641. The number of carbonyl (C=O) groups is 2. The van der Waals surface area contributed by atoms with E-state index < -0.39 is 0 Å². The Morgan fingerprint density at radius 2 is 1.74 bits per heavy atom. The highest BCUT2D eigenvalue weighted by Crippen LogP contribution is 2.33. The summed E-state index contributed by atoms with van der Waals surface area (Å²) in [5.74, 6) is 0.265. The van der Waals surface area contributed by atoms with E-state index in [1.54, 1.807) is 12.4 Å². The first-order chi connectivity index (χ1) is 15.1. The summed E-state index contributed by atoms with van der Waals surface area (Å²) in [4.78, 5) is 36.6. The van der Waals surface area contributed by atoms with Crippen molar-refractivity contribution in [2.45, 2.75) is 19.9 Å². The third kappa shape index (κ3) is 4.46. The summed E-state index contributed by atoms with van der Waals surface area (Å²) < 4.78 is 5.67. The van der Waals surface area contributed by atoms with E-state index in [9.17, 15) is 9.59 Å². The molecule has 162 valence electrons. The minimum Gasteiger partial charge on any atom is -0.494 e. The minimum absolute atomic E-state index is 0.212. The van der Waals surface area contributed by atoms with E-state index in [4.69, 9.17) is 4.74 Å². The first-order valence-corrected chi connectivity index (χ1v) is 10.7. The number of ether oxygens (including phenoxy) is 1. The number of amides is 2. The van der Waals surface area contributed by atoms with Crippen molar-refractivity contribution in [1.29, 1.82) is 0 Å². The largest absolute Gasteiger partial charge is 0.494 e. The molecule has 0 spiro atoms. The highest BCUT2D eigenvalue weighted by atomic mass is 16.5. The van der Waals surface area contributed by atoms with Crippen molar-refractivity contribution in [2.24, 2.45) is 0 Å². The van der Waals surface area contributed by atoms with Gasteiger partial charge in [-0.1, -0.05) is 25.1 Å². The Morgan fingerprint density at radius 1 is 1.00 bits per heavy atom. The average Bonchev–Trinajstić information content (AvgIpc) is 3.04. The molecular formula is C24H28N4O3. The van der Waals surface area contributed by atoms with E-state index in [1.165, 1.54) is 4.90 Å². The van der Waals surface area contributed by atoms with Gasteiger partial charge in [0.1, 0.15) is 11.4 Å². The number of piperazine rings is 1. The van der Waals surface area contributed by atoms with Crippen molar-refractivity contribution in [2.75, 3.05) is 39.8 Å². The number of likely N-dealkylation sites (N-methyl/N-ethyl adjacent to an activating group) is 1. The predicted molar refractivity (Wildman–Crippen MR) is 118 cm³/mol. The smallest absolute Gasteiger partial charge is 0.278 e. The van der Waals surface area contributed by atoms with Gasteiger partial charge < -0.3 is 14.5 Å². The van der Waals surface area contributed by atoms with E-state index in [0.717, 1.165) is 36.4 Å². The van der Waals surface area contributed by atoms with Gasteiger partial charge in [-0.15, -0.1) is 0 Å². The number of rotatable bonds is 7. The van der Waals surface area contributed by atoms with Gasteiger partial charge in [-0.3, -0.25) is 19.5 Å². The van der Waals surface area contributed by atoms with Crippen LogP contribution in [0.15, 0.2) is 54.5 Å². The Balaban J connectivity index is 1.67. The SMILES string of the molecule is CCCOc1ccc(C2=C(N3CCN(C)CC3)C(=O)N(Cc3cccnc3)C2=O)cc1. The van der Waals surface area contributed by atoms with Gasteiger partial charge >= 0.3 is 0 Å². The summed E-state index contributed by atoms with van der Waals surface area (Å²) in [5.41, 5.74) is 2.54. The number of hydrogen-bond donors (Lipinski definition) is 0. The third-order valence-electron chi connectivity index (χ3n) is 5.64. The van der Waals surface area contributed by atoms with E-state index in [2.05, 4.69) is 28.8 Å². The van der Waals surface area contributed by atoms with E-state index in [0.29, 0.717) is 31.0 Å². The summed E-state index contributed by atoms with van der Waals surface area (Å²) in [7, 11) is 2.07. The van der Waals surface area contributed by atoms with Gasteiger partial charge in [-0.05, 0) is 42.8 Å². The first-order valence-electron chi connectivity index (χ1n) is 10.7. The lowest BCUT2D eigenvalue weighted by Crippen LogP contribution is -2.46. The van der Waals surface area contributed by atoms with Gasteiger partial charge in [0, 0.05) is 38.6 Å². The molecule has 3 heterocycles. The Bertz CT molecular complexity index is 964. The maximum Gasteiger partial charge on any atom is 0.278 e. The minimum atomic E-state index is -0.259. The number of pyridine rings is 1. The van der Waals surface area contributed by atoms with Crippen LogP contribution < -0.4 is 4.74 Å². The Labute approximate surface area is 182 Å². The molecular weight excluding hydrogens is 392 g/mol. The summed E-state index contributed by atoms with van der Waals surface area (Å²) in [6.45, 7) is 6.05. The fourth-order valence-electron chi connectivity index (χ4n) is 3.90. The zero-order valence-electron chi connectivity index (χ0n) is 18.1. The van der Waals surface area contributed by atoms with Crippen LogP contribution in [-0.4, -0.2) is 71.3 Å². The molecule has 4 rings (SSSR count). The number of benzene rings is 1. The molecule has 0 unspecified atom stereocenters. The molecule has 1 aromatic heterocycles. The monoisotopic (exact) mass is 420 g/mol. The summed E-state index contributed by atoms with van der Waals surface area (Å²) in [6, 6.07) is 11.2. The number of hydrogen-bond acceptors (Lipinski definition) is 6. The molecule has 2 aliphatic rings. The Hall–Kier alpha value is -3.19. The maximum absolute atomic E-state index is 13.5. The number of imide groups is 1. The molecule has 0 N–H and O–H groups in total. The van der Waals surface area contributed by atoms with Crippen molar-refractivity contribution >= 4 is 17.4 Å². The number of aromatic nitrogens is 1. The van der Waals surface area contributed by atoms with Gasteiger partial charge in [-0.2, -0.15) is 0 Å². The van der Waals surface area contributed by atoms with Gasteiger partial charge in [0.2, 0.25) is 0 Å². The van der Waals surface area contributed by atoms with Crippen LogP contribution in [0.25, 0.3) is 5.57 Å². The molecule has 2 amide bonds. The second-order valence-electron chi connectivity index (χ2n) is 7.94. The van der Waals surface area contributed by atoms with Gasteiger partial charge in [0.05, 0.1) is 18.7 Å². The summed E-state index contributed by atoms with van der Waals surface area (Å²) >= 11 is 0. The zero-order chi connectivity index (χ0) is 21.8. The average molecular weight is 421 g/mol. The van der Waals surface area contributed by atoms with E-state index in [1.807, 2.05) is 36.4 Å². The van der Waals surface area contributed by atoms with E-state index in [-0.39, 0.29) is 18.4 Å². The van der Waals surface area contributed by atoms with Crippen LogP contribution in [0.2, 0.25) is 0 Å². The van der Waals surface area contributed by atoms with Crippen LogP contribution in [-0.2, 0) is 16.1 Å². The van der Waals surface area contributed by atoms with Crippen molar-refractivity contribution in [1.82, 2.24) is 19.7 Å². The molecule has 0 saturated carbocycles. The lowest BCUT2D eigenvalue weighted by molar-refractivity contribution is -0.138. The topological polar surface area (TPSA) is 66.0 Å². The standard InChI is InChI=1S/C24H28N4O3/c1-3-15-31-20-8-6-19(7-9-20)21-22(27-13-11-26(2)12-14-27)24(30)28(23(21)29)17-18-5-4-10-25-16-18/h4-10,16H,3,11-15,17H2,1-2H3. The zero-order valence-corrected chi connectivity index (χ0v) is 18.1. The number of nitrogens with zero attached hydrogens (tertiary/aromatic N) is 4. The van der Waals surface area contributed by atoms with Gasteiger partial charge in [0.25, 0.3) is 11.8 Å². The molecule has 1 aromatic carbocycles. The second-order valence-corrected chi connectivity index (χ2v) is 7.94. The molecule has 31 heavy (non-hydrogen) atoms. The molecule has 0 bridgehead atoms. The summed E-state index contributed by atoms with van der Waals surface area (Å²) in [6.07, 6.45) is 4.29. The lowest BCUT2D eigenvalue weighted by Gasteiger charge is -2.34. The normalized spacial score (nSPS) is 17.6. The van der Waals surface area contributed by atoms with Crippen molar-refractivity contribution < 1.29 is 14.3 Å². The highest BCUT2D eigenvalue weighted by Gasteiger charge is 2.42.